The lowest BCUT2D eigenvalue weighted by molar-refractivity contribution is 0.417. The van der Waals surface area contributed by atoms with Gasteiger partial charge in [0.2, 0.25) is 0 Å². The Morgan fingerprint density at radius 2 is 1.85 bits per heavy atom. The molecule has 0 spiro atoms. The number of anilines is 1. The predicted molar refractivity (Wildman–Crippen MR) is 82.7 cm³/mol. The molecule has 2 aromatic rings. The molecule has 0 heterocycles. The zero-order chi connectivity index (χ0) is 14.8. The summed E-state index contributed by atoms with van der Waals surface area (Å²) in [5.74, 6) is 0.463. The molecule has 0 saturated heterocycles. The van der Waals surface area contributed by atoms with Gasteiger partial charge in [-0.2, -0.15) is 0 Å². The third kappa shape index (κ3) is 3.13. The molecule has 0 saturated carbocycles. The van der Waals surface area contributed by atoms with Crippen molar-refractivity contribution in [3.8, 4) is 5.75 Å². The largest absolute Gasteiger partial charge is 0.495 e. The summed E-state index contributed by atoms with van der Waals surface area (Å²) in [5, 5.41) is 0. The van der Waals surface area contributed by atoms with Crippen LogP contribution in [-0.4, -0.2) is 15.5 Å². The minimum Gasteiger partial charge on any atom is -0.495 e. The minimum atomic E-state index is -3.64. The second-order valence-corrected chi connectivity index (χ2v) is 6.78. The van der Waals surface area contributed by atoms with E-state index in [-0.39, 0.29) is 4.90 Å². The van der Waals surface area contributed by atoms with E-state index in [2.05, 4.69) is 20.7 Å². The summed E-state index contributed by atoms with van der Waals surface area (Å²) in [7, 11) is -2.15. The SMILES string of the molecule is COc1ccc(Br)cc1NS(=O)(=O)c1ccccc1C. The van der Waals surface area contributed by atoms with Crippen molar-refractivity contribution in [3.05, 3.63) is 52.5 Å². The van der Waals surface area contributed by atoms with E-state index in [9.17, 15) is 8.42 Å². The first-order valence-electron chi connectivity index (χ1n) is 5.86. The Balaban J connectivity index is 2.44. The van der Waals surface area contributed by atoms with Gasteiger partial charge in [-0.1, -0.05) is 34.1 Å². The molecule has 0 amide bonds. The van der Waals surface area contributed by atoms with Crippen molar-refractivity contribution in [1.82, 2.24) is 0 Å². The molecule has 0 fully saturated rings. The molecule has 1 N–H and O–H groups in total. The summed E-state index contributed by atoms with van der Waals surface area (Å²) in [4.78, 5) is 0.252. The van der Waals surface area contributed by atoms with E-state index < -0.39 is 10.0 Å². The Labute approximate surface area is 127 Å². The zero-order valence-electron chi connectivity index (χ0n) is 11.1. The summed E-state index contributed by atoms with van der Waals surface area (Å²) < 4.78 is 33.3. The summed E-state index contributed by atoms with van der Waals surface area (Å²) in [5.41, 5.74) is 1.08. The van der Waals surface area contributed by atoms with E-state index >= 15 is 0 Å². The number of halogens is 1. The second kappa shape index (κ2) is 5.85. The number of methoxy groups -OCH3 is 1. The van der Waals surface area contributed by atoms with E-state index in [1.54, 1.807) is 49.4 Å². The monoisotopic (exact) mass is 355 g/mol. The lowest BCUT2D eigenvalue weighted by Gasteiger charge is -2.13. The second-order valence-electron chi connectivity index (χ2n) is 4.22. The molecule has 2 rings (SSSR count). The maximum atomic E-state index is 12.4. The number of nitrogens with one attached hydrogen (secondary N) is 1. The minimum absolute atomic E-state index is 0.252. The molecule has 0 radical (unpaired) electrons. The van der Waals surface area contributed by atoms with Crippen LogP contribution in [-0.2, 0) is 10.0 Å². The van der Waals surface area contributed by atoms with Crippen LogP contribution in [0, 0.1) is 6.92 Å². The lowest BCUT2D eigenvalue weighted by atomic mass is 10.2. The number of aryl methyl sites for hydroxylation is 1. The molecule has 0 aromatic heterocycles. The molecular weight excluding hydrogens is 342 g/mol. The summed E-state index contributed by atoms with van der Waals surface area (Å²) in [6.45, 7) is 1.76. The van der Waals surface area contributed by atoms with Crippen LogP contribution in [0.15, 0.2) is 51.8 Å². The smallest absolute Gasteiger partial charge is 0.262 e. The van der Waals surface area contributed by atoms with E-state index in [0.717, 1.165) is 4.47 Å². The quantitative estimate of drug-likeness (QED) is 0.911. The van der Waals surface area contributed by atoms with Crippen molar-refractivity contribution < 1.29 is 13.2 Å². The van der Waals surface area contributed by atoms with Gasteiger partial charge in [0, 0.05) is 4.47 Å². The first-order valence-corrected chi connectivity index (χ1v) is 8.13. The predicted octanol–water partition coefficient (Wildman–Crippen LogP) is 3.57. The topological polar surface area (TPSA) is 55.4 Å². The Morgan fingerprint density at radius 3 is 2.50 bits per heavy atom. The van der Waals surface area contributed by atoms with Crippen LogP contribution in [0.1, 0.15) is 5.56 Å². The Morgan fingerprint density at radius 1 is 1.15 bits per heavy atom. The number of hydrogen-bond donors (Lipinski definition) is 1. The molecule has 2 aromatic carbocycles. The molecule has 20 heavy (non-hydrogen) atoms. The van der Waals surface area contributed by atoms with Gasteiger partial charge in [0.1, 0.15) is 5.75 Å². The van der Waals surface area contributed by atoms with Gasteiger partial charge in [-0.05, 0) is 36.8 Å². The molecule has 0 aliphatic rings. The maximum absolute atomic E-state index is 12.4. The average Bonchev–Trinajstić information content (AvgIpc) is 2.39. The Kier molecular flexibility index (Phi) is 4.35. The number of benzene rings is 2. The van der Waals surface area contributed by atoms with Crippen LogP contribution in [0.3, 0.4) is 0 Å². The van der Waals surface area contributed by atoms with Crippen LogP contribution in [0.2, 0.25) is 0 Å². The Bertz CT molecular complexity index is 729. The van der Waals surface area contributed by atoms with E-state index in [4.69, 9.17) is 4.74 Å². The van der Waals surface area contributed by atoms with Crippen LogP contribution >= 0.6 is 15.9 Å². The maximum Gasteiger partial charge on any atom is 0.262 e. The van der Waals surface area contributed by atoms with Gasteiger partial charge >= 0.3 is 0 Å². The van der Waals surface area contributed by atoms with Crippen LogP contribution < -0.4 is 9.46 Å². The number of rotatable bonds is 4. The van der Waals surface area contributed by atoms with Gasteiger partial charge < -0.3 is 4.74 Å². The molecule has 0 aliphatic heterocycles. The average molecular weight is 356 g/mol. The van der Waals surface area contributed by atoms with Crippen LogP contribution in [0.25, 0.3) is 0 Å². The van der Waals surface area contributed by atoms with Crippen molar-refractivity contribution >= 4 is 31.6 Å². The molecule has 0 bridgehead atoms. The van der Waals surface area contributed by atoms with Gasteiger partial charge in [-0.25, -0.2) is 8.42 Å². The van der Waals surface area contributed by atoms with E-state index in [0.29, 0.717) is 17.0 Å². The van der Waals surface area contributed by atoms with Crippen molar-refractivity contribution in [1.29, 1.82) is 0 Å². The first kappa shape index (κ1) is 14.9. The van der Waals surface area contributed by atoms with Crippen molar-refractivity contribution in [2.45, 2.75) is 11.8 Å². The fourth-order valence-corrected chi connectivity index (χ4v) is 3.49. The Hall–Kier alpha value is -1.53. The third-order valence-electron chi connectivity index (χ3n) is 2.79. The fraction of sp³-hybridized carbons (Fsp3) is 0.143. The lowest BCUT2D eigenvalue weighted by Crippen LogP contribution is -2.14. The molecular formula is C14H14BrNO3S. The van der Waals surface area contributed by atoms with E-state index in [1.807, 2.05) is 0 Å². The number of sulfonamides is 1. The van der Waals surface area contributed by atoms with Gasteiger partial charge in [0.15, 0.2) is 0 Å². The molecule has 0 atom stereocenters. The highest BCUT2D eigenvalue weighted by Crippen LogP contribution is 2.30. The zero-order valence-corrected chi connectivity index (χ0v) is 13.5. The standard InChI is InChI=1S/C14H14BrNO3S/c1-10-5-3-4-6-14(10)20(17,18)16-12-9-11(15)7-8-13(12)19-2/h3-9,16H,1-2H3. The number of hydrogen-bond acceptors (Lipinski definition) is 3. The van der Waals surface area contributed by atoms with Crippen molar-refractivity contribution in [2.75, 3.05) is 11.8 Å². The molecule has 0 unspecified atom stereocenters. The fourth-order valence-electron chi connectivity index (χ4n) is 1.82. The highest BCUT2D eigenvalue weighted by atomic mass is 79.9. The van der Waals surface area contributed by atoms with Gasteiger partial charge in [0.05, 0.1) is 17.7 Å². The normalized spacial score (nSPS) is 11.2. The molecule has 4 nitrogen and oxygen atoms in total. The third-order valence-corrected chi connectivity index (χ3v) is 4.81. The van der Waals surface area contributed by atoms with Crippen LogP contribution in [0.4, 0.5) is 5.69 Å². The van der Waals surface area contributed by atoms with Crippen LogP contribution in [0.5, 0.6) is 5.75 Å². The van der Waals surface area contributed by atoms with Gasteiger partial charge in [-0.15, -0.1) is 0 Å². The highest BCUT2D eigenvalue weighted by Gasteiger charge is 2.18. The summed E-state index contributed by atoms with van der Waals surface area (Å²) in [6, 6.07) is 12.0. The molecule has 6 heteroatoms. The van der Waals surface area contributed by atoms with Gasteiger partial charge in [-0.3, -0.25) is 4.72 Å². The highest BCUT2D eigenvalue weighted by molar-refractivity contribution is 9.10. The van der Waals surface area contributed by atoms with Crippen molar-refractivity contribution in [3.63, 3.8) is 0 Å². The van der Waals surface area contributed by atoms with Gasteiger partial charge in [0.25, 0.3) is 10.0 Å². The molecule has 0 aliphatic carbocycles. The van der Waals surface area contributed by atoms with Crippen molar-refractivity contribution in [2.24, 2.45) is 0 Å². The summed E-state index contributed by atoms with van der Waals surface area (Å²) >= 11 is 3.31. The molecule has 106 valence electrons. The summed E-state index contributed by atoms with van der Waals surface area (Å²) in [6.07, 6.45) is 0. The first-order chi connectivity index (χ1) is 9.44. The van der Waals surface area contributed by atoms with E-state index in [1.165, 1.54) is 7.11 Å². The number of ether oxygens (including phenoxy) is 1.